The molecule has 33 heavy (non-hydrogen) atoms. The Balaban J connectivity index is 1.73. The first-order chi connectivity index (χ1) is 15.6. The summed E-state index contributed by atoms with van der Waals surface area (Å²) in [6.07, 6.45) is 0.564. The summed E-state index contributed by atoms with van der Waals surface area (Å²) in [6.45, 7) is 3.76. The van der Waals surface area contributed by atoms with E-state index in [9.17, 15) is 9.59 Å². The van der Waals surface area contributed by atoms with Gasteiger partial charge in [0.25, 0.3) is 5.91 Å². The maximum absolute atomic E-state index is 13.0. The highest BCUT2D eigenvalue weighted by molar-refractivity contribution is 8.27. The molecule has 1 fully saturated rings. The second-order valence-electron chi connectivity index (χ2n) is 6.75. The summed E-state index contributed by atoms with van der Waals surface area (Å²) in [5.41, 5.74) is 1.42. The van der Waals surface area contributed by atoms with E-state index in [1.54, 1.807) is 54.6 Å². The van der Waals surface area contributed by atoms with E-state index >= 15 is 0 Å². The lowest BCUT2D eigenvalue weighted by molar-refractivity contribution is -0.121. The van der Waals surface area contributed by atoms with Crippen LogP contribution in [0.25, 0.3) is 6.08 Å². The molecular formula is C22H19Cl3N2O4S2. The average Bonchev–Trinajstić information content (AvgIpc) is 3.02. The Hall–Kier alpha value is -1.97. The molecule has 0 aliphatic carbocycles. The molecule has 6 nitrogen and oxygen atoms in total. The van der Waals surface area contributed by atoms with Crippen molar-refractivity contribution in [2.24, 2.45) is 0 Å². The van der Waals surface area contributed by atoms with Gasteiger partial charge in [-0.15, -0.1) is 0 Å². The lowest BCUT2D eigenvalue weighted by atomic mass is 10.2. The molecule has 0 aromatic heterocycles. The minimum Gasteiger partial charge on any atom is -0.494 e. The molecule has 11 heteroatoms. The molecule has 1 saturated heterocycles. The quantitative estimate of drug-likeness (QED) is 0.208. The van der Waals surface area contributed by atoms with Crippen LogP contribution in [0.3, 0.4) is 0 Å². The summed E-state index contributed by atoms with van der Waals surface area (Å²) in [6, 6.07) is 13.9. The summed E-state index contributed by atoms with van der Waals surface area (Å²) in [5.74, 6) is 0.480. The highest BCUT2D eigenvalue weighted by Crippen LogP contribution is 2.37. The molecule has 1 aliphatic rings. The van der Waals surface area contributed by atoms with E-state index in [-0.39, 0.29) is 5.91 Å². The number of carbonyl (C=O) groups is 2. The van der Waals surface area contributed by atoms with Crippen LogP contribution < -0.4 is 19.7 Å². The molecule has 1 aliphatic heterocycles. The first-order valence-electron chi connectivity index (χ1n) is 9.70. The van der Waals surface area contributed by atoms with Crippen LogP contribution in [0, 0.1) is 0 Å². The van der Waals surface area contributed by atoms with Gasteiger partial charge in [-0.25, -0.2) is 0 Å². The summed E-state index contributed by atoms with van der Waals surface area (Å²) in [4.78, 5) is 26.3. The predicted octanol–water partition coefficient (Wildman–Crippen LogP) is 5.70. The topological polar surface area (TPSA) is 67.9 Å². The SMILES string of the molecule is CCOc1ccc(N2C(=O)C(=Cc3ccc(OC(NC(C)=O)C(Cl)(Cl)Cl)cc3)SC2=S)cc1. The maximum atomic E-state index is 13.0. The predicted molar refractivity (Wildman–Crippen MR) is 138 cm³/mol. The summed E-state index contributed by atoms with van der Waals surface area (Å²) < 4.78 is 9.62. The van der Waals surface area contributed by atoms with Crippen molar-refractivity contribution in [1.29, 1.82) is 0 Å². The van der Waals surface area contributed by atoms with Crippen molar-refractivity contribution < 1.29 is 19.1 Å². The molecule has 1 N–H and O–H groups in total. The molecule has 3 rings (SSSR count). The maximum Gasteiger partial charge on any atom is 0.270 e. The number of rotatable bonds is 7. The number of thiocarbonyl (C=S) groups is 1. The molecule has 0 bridgehead atoms. The van der Waals surface area contributed by atoms with E-state index in [1.165, 1.54) is 23.6 Å². The third-order valence-corrected chi connectivity index (χ3v) is 6.16. The van der Waals surface area contributed by atoms with Crippen LogP contribution >= 0.6 is 58.8 Å². The van der Waals surface area contributed by atoms with Gasteiger partial charge >= 0.3 is 0 Å². The second-order valence-corrected chi connectivity index (χ2v) is 10.8. The fourth-order valence-corrected chi connectivity index (χ4v) is 4.44. The fraction of sp³-hybridized carbons (Fsp3) is 0.227. The van der Waals surface area contributed by atoms with E-state index in [0.29, 0.717) is 27.3 Å². The first-order valence-corrected chi connectivity index (χ1v) is 12.1. The molecule has 0 saturated carbocycles. The van der Waals surface area contributed by atoms with Crippen LogP contribution in [0.4, 0.5) is 5.69 Å². The van der Waals surface area contributed by atoms with Crippen molar-refractivity contribution in [2.75, 3.05) is 11.5 Å². The number of hydrogen-bond donors (Lipinski definition) is 1. The Morgan fingerprint density at radius 2 is 1.76 bits per heavy atom. The van der Waals surface area contributed by atoms with E-state index in [0.717, 1.165) is 11.3 Å². The minimum atomic E-state index is -1.86. The summed E-state index contributed by atoms with van der Waals surface area (Å²) in [7, 11) is 0. The number of ether oxygens (including phenoxy) is 2. The standard InChI is InChI=1S/C22H19Cl3N2O4S2/c1-3-30-16-10-6-15(7-11-16)27-19(29)18(33-21(27)32)12-14-4-8-17(9-5-14)31-20(22(23,24)25)26-13(2)28/h4-12,20H,3H2,1-2H3,(H,26,28). The van der Waals surface area contributed by atoms with Gasteiger partial charge in [-0.1, -0.05) is 70.9 Å². The number of halogens is 3. The molecule has 1 unspecified atom stereocenters. The number of hydrogen-bond acceptors (Lipinski definition) is 6. The van der Waals surface area contributed by atoms with Crippen molar-refractivity contribution in [1.82, 2.24) is 5.32 Å². The lowest BCUT2D eigenvalue weighted by Crippen LogP contribution is -2.47. The van der Waals surface area contributed by atoms with E-state index in [1.807, 2.05) is 6.92 Å². The largest absolute Gasteiger partial charge is 0.494 e. The third kappa shape index (κ3) is 6.77. The van der Waals surface area contributed by atoms with Crippen LogP contribution in [0.1, 0.15) is 19.4 Å². The van der Waals surface area contributed by atoms with Crippen LogP contribution in [-0.4, -0.2) is 32.8 Å². The molecule has 2 amide bonds. The van der Waals surface area contributed by atoms with Crippen molar-refractivity contribution in [3.63, 3.8) is 0 Å². The number of alkyl halides is 3. The summed E-state index contributed by atoms with van der Waals surface area (Å²) >= 11 is 24.3. The van der Waals surface area contributed by atoms with Gasteiger partial charge in [-0.05, 0) is 55.0 Å². The van der Waals surface area contributed by atoms with Crippen LogP contribution in [-0.2, 0) is 9.59 Å². The van der Waals surface area contributed by atoms with Crippen molar-refractivity contribution >= 4 is 86.7 Å². The Morgan fingerprint density at radius 1 is 1.15 bits per heavy atom. The Bertz CT molecular complexity index is 1070. The molecule has 2 aromatic carbocycles. The van der Waals surface area contributed by atoms with Gasteiger partial charge in [0.05, 0.1) is 17.2 Å². The molecule has 0 radical (unpaired) electrons. The minimum absolute atomic E-state index is 0.212. The summed E-state index contributed by atoms with van der Waals surface area (Å²) in [5, 5.41) is 2.44. The average molecular weight is 546 g/mol. The zero-order chi connectivity index (χ0) is 24.2. The van der Waals surface area contributed by atoms with Crippen molar-refractivity contribution in [3.8, 4) is 11.5 Å². The molecule has 2 aromatic rings. The van der Waals surface area contributed by atoms with Gasteiger partial charge < -0.3 is 14.8 Å². The Labute approximate surface area is 216 Å². The lowest BCUT2D eigenvalue weighted by Gasteiger charge is -2.25. The Kier molecular flexibility index (Phi) is 8.53. The van der Waals surface area contributed by atoms with Crippen LogP contribution in [0.2, 0.25) is 0 Å². The number of nitrogens with one attached hydrogen (secondary N) is 1. The highest BCUT2D eigenvalue weighted by atomic mass is 35.6. The number of nitrogens with zero attached hydrogens (tertiary/aromatic N) is 1. The zero-order valence-electron chi connectivity index (χ0n) is 17.5. The molecular weight excluding hydrogens is 527 g/mol. The van der Waals surface area contributed by atoms with Gasteiger partial charge in [0.15, 0.2) is 4.32 Å². The Morgan fingerprint density at radius 3 is 2.30 bits per heavy atom. The zero-order valence-corrected chi connectivity index (χ0v) is 21.4. The van der Waals surface area contributed by atoms with Gasteiger partial charge in [0.2, 0.25) is 15.9 Å². The smallest absolute Gasteiger partial charge is 0.270 e. The van der Waals surface area contributed by atoms with Gasteiger partial charge in [0, 0.05) is 6.92 Å². The van der Waals surface area contributed by atoms with E-state index in [4.69, 9.17) is 56.5 Å². The van der Waals surface area contributed by atoms with Crippen LogP contribution in [0.5, 0.6) is 11.5 Å². The highest BCUT2D eigenvalue weighted by Gasteiger charge is 2.36. The molecule has 0 spiro atoms. The number of thioether (sulfide) groups is 1. The van der Waals surface area contributed by atoms with E-state index in [2.05, 4.69) is 5.32 Å². The molecule has 174 valence electrons. The van der Waals surface area contributed by atoms with Crippen molar-refractivity contribution in [3.05, 3.63) is 59.0 Å². The number of anilines is 1. The van der Waals surface area contributed by atoms with Crippen LogP contribution in [0.15, 0.2) is 53.4 Å². The van der Waals surface area contributed by atoms with Gasteiger partial charge in [-0.2, -0.15) is 0 Å². The monoisotopic (exact) mass is 544 g/mol. The first kappa shape index (κ1) is 25.6. The molecule has 1 atom stereocenters. The normalized spacial score (nSPS) is 16.2. The van der Waals surface area contributed by atoms with E-state index < -0.39 is 15.9 Å². The second kappa shape index (κ2) is 11.0. The number of carbonyl (C=O) groups excluding carboxylic acids is 2. The van der Waals surface area contributed by atoms with Gasteiger partial charge in [0.1, 0.15) is 11.5 Å². The van der Waals surface area contributed by atoms with Gasteiger partial charge in [-0.3, -0.25) is 14.5 Å². The van der Waals surface area contributed by atoms with Crippen molar-refractivity contribution in [2.45, 2.75) is 23.9 Å². The fourth-order valence-electron chi connectivity index (χ4n) is 2.84. The number of benzene rings is 2. The third-order valence-electron chi connectivity index (χ3n) is 4.26. The molecule has 1 heterocycles. The number of amides is 2.